The first-order chi connectivity index (χ1) is 12.7. The van der Waals surface area contributed by atoms with E-state index in [1.165, 1.54) is 12.1 Å². The number of sulfonamides is 1. The summed E-state index contributed by atoms with van der Waals surface area (Å²) < 4.78 is 32.4. The number of ether oxygens (including phenoxy) is 1. The summed E-state index contributed by atoms with van der Waals surface area (Å²) in [6, 6.07) is 12.8. The van der Waals surface area contributed by atoms with E-state index in [-0.39, 0.29) is 16.8 Å². The lowest BCUT2D eigenvalue weighted by Gasteiger charge is -2.11. The molecular weight excluding hydrogens is 364 g/mol. The van der Waals surface area contributed by atoms with Gasteiger partial charge >= 0.3 is 0 Å². The summed E-state index contributed by atoms with van der Waals surface area (Å²) in [5.74, 6) is 0.737. The molecule has 2 aromatic carbocycles. The fraction of sp³-hybridized carbons (Fsp3) is 0.350. The molecule has 0 saturated carbocycles. The van der Waals surface area contributed by atoms with E-state index >= 15 is 0 Å². The summed E-state index contributed by atoms with van der Waals surface area (Å²) in [6.07, 6.45) is 0. The highest BCUT2D eigenvalue weighted by molar-refractivity contribution is 7.89. The molecule has 0 bridgehead atoms. The SMILES string of the molecule is CC(C)COc1cccc(C(=O)Nc2ccc(S(=O)(=O)NC(C)C)cc2)c1. The van der Waals surface area contributed by atoms with Gasteiger partial charge in [0.2, 0.25) is 10.0 Å². The third-order valence-corrected chi connectivity index (χ3v) is 5.17. The number of rotatable bonds is 8. The van der Waals surface area contributed by atoms with Crippen LogP contribution in [0.5, 0.6) is 5.75 Å². The first kappa shape index (κ1) is 20.9. The van der Waals surface area contributed by atoms with Crippen LogP contribution in [0.3, 0.4) is 0 Å². The van der Waals surface area contributed by atoms with Gasteiger partial charge in [0.25, 0.3) is 5.91 Å². The number of hydrogen-bond acceptors (Lipinski definition) is 4. The summed E-state index contributed by atoms with van der Waals surface area (Å²) in [6.45, 7) is 8.19. The highest BCUT2D eigenvalue weighted by Gasteiger charge is 2.15. The van der Waals surface area contributed by atoms with Crippen molar-refractivity contribution >= 4 is 21.6 Å². The molecule has 7 heteroatoms. The van der Waals surface area contributed by atoms with Crippen molar-refractivity contribution in [3.8, 4) is 5.75 Å². The first-order valence-electron chi connectivity index (χ1n) is 8.84. The quantitative estimate of drug-likeness (QED) is 0.720. The molecule has 0 fully saturated rings. The van der Waals surface area contributed by atoms with Crippen molar-refractivity contribution in [2.75, 3.05) is 11.9 Å². The maximum absolute atomic E-state index is 12.4. The molecule has 0 heterocycles. The number of carbonyl (C=O) groups is 1. The van der Waals surface area contributed by atoms with Crippen LogP contribution in [-0.2, 0) is 10.0 Å². The fourth-order valence-corrected chi connectivity index (χ4v) is 3.54. The minimum absolute atomic E-state index is 0.151. The third-order valence-electron chi connectivity index (χ3n) is 3.49. The Kier molecular flexibility index (Phi) is 6.98. The van der Waals surface area contributed by atoms with Crippen molar-refractivity contribution in [1.29, 1.82) is 0 Å². The van der Waals surface area contributed by atoms with Gasteiger partial charge in [0.1, 0.15) is 5.75 Å². The maximum Gasteiger partial charge on any atom is 0.255 e. The van der Waals surface area contributed by atoms with Gasteiger partial charge in [-0.15, -0.1) is 0 Å². The predicted molar refractivity (Wildman–Crippen MR) is 107 cm³/mol. The zero-order valence-corrected chi connectivity index (χ0v) is 16.8. The van der Waals surface area contributed by atoms with Gasteiger partial charge in [-0.2, -0.15) is 0 Å². The average molecular weight is 391 g/mol. The van der Waals surface area contributed by atoms with Crippen LogP contribution in [0.25, 0.3) is 0 Å². The summed E-state index contributed by atoms with van der Waals surface area (Å²) in [7, 11) is -3.56. The molecule has 146 valence electrons. The van der Waals surface area contributed by atoms with E-state index in [0.29, 0.717) is 29.5 Å². The Hall–Kier alpha value is -2.38. The highest BCUT2D eigenvalue weighted by Crippen LogP contribution is 2.18. The Morgan fingerprint density at radius 2 is 1.70 bits per heavy atom. The summed E-state index contributed by atoms with van der Waals surface area (Å²) in [5.41, 5.74) is 0.978. The van der Waals surface area contributed by atoms with Crippen LogP contribution in [-0.4, -0.2) is 27.0 Å². The lowest BCUT2D eigenvalue weighted by molar-refractivity contribution is 0.102. The average Bonchev–Trinajstić information content (AvgIpc) is 2.59. The molecule has 0 aliphatic rings. The van der Waals surface area contributed by atoms with Gasteiger partial charge in [0.15, 0.2) is 0 Å². The molecule has 1 amide bonds. The summed E-state index contributed by atoms with van der Waals surface area (Å²) >= 11 is 0. The number of amides is 1. The molecule has 2 rings (SSSR count). The number of nitrogens with one attached hydrogen (secondary N) is 2. The standard InChI is InChI=1S/C20H26N2O4S/c1-14(2)13-26-18-7-5-6-16(12-18)20(23)21-17-8-10-19(11-9-17)27(24,25)22-15(3)4/h5-12,14-15,22H,13H2,1-4H3,(H,21,23). The predicted octanol–water partition coefficient (Wildman–Crippen LogP) is 3.66. The van der Waals surface area contributed by atoms with Crippen molar-refractivity contribution < 1.29 is 17.9 Å². The van der Waals surface area contributed by atoms with E-state index in [0.717, 1.165) is 0 Å². The molecule has 6 nitrogen and oxygen atoms in total. The lowest BCUT2D eigenvalue weighted by Crippen LogP contribution is -2.30. The van der Waals surface area contributed by atoms with Crippen LogP contribution >= 0.6 is 0 Å². The molecule has 0 radical (unpaired) electrons. The monoisotopic (exact) mass is 390 g/mol. The molecule has 0 aliphatic carbocycles. The molecule has 0 aliphatic heterocycles. The van der Waals surface area contributed by atoms with Crippen molar-refractivity contribution in [3.63, 3.8) is 0 Å². The van der Waals surface area contributed by atoms with Crippen LogP contribution in [0, 0.1) is 5.92 Å². The molecule has 0 aromatic heterocycles. The zero-order valence-electron chi connectivity index (χ0n) is 16.0. The van der Waals surface area contributed by atoms with E-state index in [9.17, 15) is 13.2 Å². The van der Waals surface area contributed by atoms with Gasteiger partial charge in [-0.25, -0.2) is 13.1 Å². The molecule has 2 N–H and O–H groups in total. The number of anilines is 1. The van der Waals surface area contributed by atoms with Gasteiger partial charge in [-0.05, 0) is 62.2 Å². The van der Waals surface area contributed by atoms with Crippen molar-refractivity contribution in [1.82, 2.24) is 4.72 Å². The maximum atomic E-state index is 12.4. The number of hydrogen-bond donors (Lipinski definition) is 2. The number of benzene rings is 2. The Bertz CT molecular complexity index is 875. The van der Waals surface area contributed by atoms with Gasteiger partial charge in [-0.3, -0.25) is 4.79 Å². The molecule has 27 heavy (non-hydrogen) atoms. The molecule has 0 saturated heterocycles. The fourth-order valence-electron chi connectivity index (χ4n) is 2.29. The van der Waals surface area contributed by atoms with Crippen molar-refractivity contribution in [2.45, 2.75) is 38.6 Å². The topological polar surface area (TPSA) is 84.5 Å². The second kappa shape index (κ2) is 9.01. The Labute approximate surface area is 161 Å². The molecule has 0 unspecified atom stereocenters. The third kappa shape index (κ3) is 6.37. The number of carbonyl (C=O) groups excluding carboxylic acids is 1. The van der Waals surface area contributed by atoms with Gasteiger partial charge in [-0.1, -0.05) is 19.9 Å². The van der Waals surface area contributed by atoms with E-state index in [2.05, 4.69) is 23.9 Å². The first-order valence-corrected chi connectivity index (χ1v) is 10.3. The van der Waals surface area contributed by atoms with Crippen LogP contribution in [0.4, 0.5) is 5.69 Å². The van der Waals surface area contributed by atoms with Crippen LogP contribution < -0.4 is 14.8 Å². The lowest BCUT2D eigenvalue weighted by atomic mass is 10.2. The summed E-state index contributed by atoms with van der Waals surface area (Å²) in [5, 5.41) is 2.76. The van der Waals surface area contributed by atoms with Gasteiger partial charge in [0.05, 0.1) is 11.5 Å². The largest absolute Gasteiger partial charge is 0.493 e. The van der Waals surface area contributed by atoms with E-state index in [1.807, 2.05) is 0 Å². The molecule has 0 atom stereocenters. The molecular formula is C20H26N2O4S. The van der Waals surface area contributed by atoms with E-state index in [1.54, 1.807) is 50.2 Å². The Morgan fingerprint density at radius 1 is 1.04 bits per heavy atom. The normalized spacial score (nSPS) is 11.6. The zero-order chi connectivity index (χ0) is 20.0. The minimum Gasteiger partial charge on any atom is -0.493 e. The Balaban J connectivity index is 2.07. The smallest absolute Gasteiger partial charge is 0.255 e. The van der Waals surface area contributed by atoms with Gasteiger partial charge < -0.3 is 10.1 Å². The van der Waals surface area contributed by atoms with Gasteiger partial charge in [0, 0.05) is 17.3 Å². The minimum atomic E-state index is -3.56. The summed E-state index contributed by atoms with van der Waals surface area (Å²) in [4.78, 5) is 12.6. The second-order valence-corrected chi connectivity index (χ2v) is 8.70. The van der Waals surface area contributed by atoms with E-state index in [4.69, 9.17) is 4.74 Å². The highest BCUT2D eigenvalue weighted by atomic mass is 32.2. The van der Waals surface area contributed by atoms with E-state index < -0.39 is 10.0 Å². The van der Waals surface area contributed by atoms with Crippen molar-refractivity contribution in [3.05, 3.63) is 54.1 Å². The van der Waals surface area contributed by atoms with Crippen LogP contribution in [0.1, 0.15) is 38.1 Å². The van der Waals surface area contributed by atoms with Crippen LogP contribution in [0.2, 0.25) is 0 Å². The van der Waals surface area contributed by atoms with Crippen LogP contribution in [0.15, 0.2) is 53.4 Å². The van der Waals surface area contributed by atoms with Crippen molar-refractivity contribution in [2.24, 2.45) is 5.92 Å². The molecule has 0 spiro atoms. The second-order valence-electron chi connectivity index (χ2n) is 6.99. The molecule has 2 aromatic rings. The Morgan fingerprint density at radius 3 is 2.30 bits per heavy atom.